The summed E-state index contributed by atoms with van der Waals surface area (Å²) in [5, 5.41) is 5.32. The predicted octanol–water partition coefficient (Wildman–Crippen LogP) is 3.13. The molecule has 0 unspecified atom stereocenters. The Hall–Kier alpha value is -2.88. The van der Waals surface area contributed by atoms with Crippen LogP contribution in [-0.2, 0) is 14.9 Å². The highest BCUT2D eigenvalue weighted by Gasteiger charge is 2.39. The van der Waals surface area contributed by atoms with Crippen molar-refractivity contribution in [1.82, 2.24) is 0 Å². The first-order chi connectivity index (χ1) is 10.7. The van der Waals surface area contributed by atoms with Crippen LogP contribution in [0, 0.1) is 0 Å². The quantitative estimate of drug-likeness (QED) is 0.286. The number of allylic oxidation sites excluding steroid dienone is 1. The Morgan fingerprint density at radius 3 is 2.22 bits per heavy atom. The first kappa shape index (κ1) is 16.5. The number of carbonyl (C=O) groups is 2. The molecule has 1 aromatic carbocycles. The Bertz CT molecular complexity index is 1000. The van der Waals surface area contributed by atoms with E-state index in [-0.39, 0.29) is 5.69 Å². The van der Waals surface area contributed by atoms with Crippen LogP contribution in [-0.4, -0.2) is 24.5 Å². The molecule has 0 atom stereocenters. The number of hydrogen-bond acceptors (Lipinski definition) is 6. The van der Waals surface area contributed by atoms with Gasteiger partial charge in [-0.3, -0.25) is 14.1 Å². The second-order valence-electron chi connectivity index (χ2n) is 4.01. The molecule has 0 spiro atoms. The molecule has 13 heteroatoms. The Morgan fingerprint density at radius 2 is 1.70 bits per heavy atom. The number of fused-ring (bicyclic) bond motifs is 1. The predicted molar refractivity (Wildman–Crippen MR) is 77.7 cm³/mol. The minimum absolute atomic E-state index is 0.322. The molecule has 1 aliphatic carbocycles. The second-order valence-corrected chi connectivity index (χ2v) is 5.75. The molecule has 116 valence electrons. The third-order valence-electron chi connectivity index (χ3n) is 2.79. The fraction of sp³-hybridized carbons (Fsp3) is 0. The third kappa shape index (κ3) is 2.63. The van der Waals surface area contributed by atoms with Crippen molar-refractivity contribution in [3.05, 3.63) is 49.2 Å². The number of ketones is 2. The van der Waals surface area contributed by atoms with E-state index < -0.39 is 48.4 Å². The number of hydrogen-bond donors (Lipinski definition) is 1. The summed E-state index contributed by atoms with van der Waals surface area (Å²) >= 11 is 5.57. The number of carbonyl (C=O) groups excluding carboxylic acids is 2. The topological polar surface area (TPSA) is 186 Å². The lowest BCUT2D eigenvalue weighted by atomic mass is 9.93. The second kappa shape index (κ2) is 5.72. The van der Waals surface area contributed by atoms with Crippen LogP contribution in [0.25, 0.3) is 25.8 Å². The fourth-order valence-corrected chi connectivity index (χ4v) is 3.21. The number of benzene rings is 1. The Balaban J connectivity index is 3.12. The smallest absolute Gasteiger partial charge is 0.285 e. The molecule has 1 aromatic rings. The monoisotopic (exact) mass is 354 g/mol. The van der Waals surface area contributed by atoms with Crippen molar-refractivity contribution >= 4 is 49.6 Å². The molecule has 23 heavy (non-hydrogen) atoms. The van der Waals surface area contributed by atoms with E-state index in [2.05, 4.69) is 20.1 Å². The summed E-state index contributed by atoms with van der Waals surface area (Å²) in [7, 11) is -5.06. The van der Waals surface area contributed by atoms with Gasteiger partial charge in [0.25, 0.3) is 10.1 Å². The maximum Gasteiger partial charge on any atom is 0.296 e. The molecule has 11 nitrogen and oxygen atoms in total. The van der Waals surface area contributed by atoms with Crippen LogP contribution >= 0.6 is 11.6 Å². The van der Waals surface area contributed by atoms with Crippen LogP contribution in [0.3, 0.4) is 0 Å². The molecule has 0 radical (unpaired) electrons. The largest absolute Gasteiger partial charge is 0.296 e. The molecule has 1 aliphatic rings. The first-order valence-electron chi connectivity index (χ1n) is 5.48. The summed E-state index contributed by atoms with van der Waals surface area (Å²) in [6, 6.07) is 2.04. The molecule has 0 saturated heterocycles. The minimum atomic E-state index is -5.06. The molecular weight excluding hydrogens is 352 g/mol. The van der Waals surface area contributed by atoms with E-state index in [0.717, 1.165) is 12.1 Å². The molecule has 0 fully saturated rings. The van der Waals surface area contributed by atoms with Crippen molar-refractivity contribution in [2.24, 2.45) is 10.2 Å². The summed E-state index contributed by atoms with van der Waals surface area (Å²) in [6.07, 6.45) is 0. The highest BCUT2D eigenvalue weighted by atomic mass is 35.5. The lowest BCUT2D eigenvalue weighted by Crippen LogP contribution is -2.24. The van der Waals surface area contributed by atoms with E-state index in [9.17, 15) is 22.6 Å². The highest BCUT2D eigenvalue weighted by Crippen LogP contribution is 2.44. The van der Waals surface area contributed by atoms with Gasteiger partial charge in [0.1, 0.15) is 9.94 Å². The summed E-state index contributed by atoms with van der Waals surface area (Å²) in [5.41, 5.74) is 15.1. The number of Topliss-reactive ketones (excluding diaryl/α,β-unsaturated/α-hetero) is 2. The van der Waals surface area contributed by atoms with Crippen molar-refractivity contribution in [2.45, 2.75) is 0 Å². The molecule has 0 bridgehead atoms. The minimum Gasteiger partial charge on any atom is -0.285 e. The average molecular weight is 355 g/mol. The van der Waals surface area contributed by atoms with E-state index in [0.29, 0.717) is 0 Å². The SMILES string of the molecule is [N-]=[N+]=Nc1ccc2c(c1N=[N+]=[N-])C(S(=O)(=O)O)=C(Cl)C(=O)C2=O. The maximum absolute atomic E-state index is 11.9. The van der Waals surface area contributed by atoms with Gasteiger partial charge in [-0.1, -0.05) is 27.9 Å². The summed E-state index contributed by atoms with van der Waals surface area (Å²) in [5.74, 6) is -2.52. The van der Waals surface area contributed by atoms with Crippen LogP contribution < -0.4 is 0 Å². The summed E-state index contributed by atoms with van der Waals surface area (Å²) in [4.78, 5) is 27.5. The third-order valence-corrected chi connectivity index (χ3v) is 4.19. The zero-order chi connectivity index (χ0) is 17.4. The number of nitrogens with zero attached hydrogens (tertiary/aromatic N) is 6. The van der Waals surface area contributed by atoms with Crippen LogP contribution in [0.5, 0.6) is 0 Å². The van der Waals surface area contributed by atoms with E-state index in [1.165, 1.54) is 0 Å². The van der Waals surface area contributed by atoms with Crippen molar-refractivity contribution in [2.75, 3.05) is 0 Å². The Labute approximate surface area is 132 Å². The van der Waals surface area contributed by atoms with E-state index in [1.807, 2.05) is 0 Å². The van der Waals surface area contributed by atoms with Gasteiger partial charge in [0.2, 0.25) is 11.6 Å². The zero-order valence-corrected chi connectivity index (χ0v) is 12.3. The van der Waals surface area contributed by atoms with E-state index in [1.54, 1.807) is 0 Å². The van der Waals surface area contributed by atoms with Gasteiger partial charge in [-0.05, 0) is 17.1 Å². The van der Waals surface area contributed by atoms with Gasteiger partial charge in [-0.15, -0.1) is 0 Å². The van der Waals surface area contributed by atoms with E-state index >= 15 is 0 Å². The van der Waals surface area contributed by atoms with Gasteiger partial charge in [-0.2, -0.15) is 8.42 Å². The molecular formula is C10H3ClN6O5S. The molecule has 0 heterocycles. The van der Waals surface area contributed by atoms with Gasteiger partial charge >= 0.3 is 0 Å². The molecule has 0 aliphatic heterocycles. The number of halogens is 1. The lowest BCUT2D eigenvalue weighted by molar-refractivity contribution is -0.111. The molecule has 0 aromatic heterocycles. The summed E-state index contributed by atoms with van der Waals surface area (Å²) in [6.45, 7) is 0. The highest BCUT2D eigenvalue weighted by molar-refractivity contribution is 7.95. The van der Waals surface area contributed by atoms with Crippen molar-refractivity contribution in [3.63, 3.8) is 0 Å². The first-order valence-corrected chi connectivity index (χ1v) is 7.29. The van der Waals surface area contributed by atoms with Crippen molar-refractivity contribution in [3.8, 4) is 0 Å². The number of rotatable bonds is 3. The normalized spacial score (nSPS) is 14.0. The lowest BCUT2D eigenvalue weighted by Gasteiger charge is -2.19. The van der Waals surface area contributed by atoms with Crippen LogP contribution in [0.2, 0.25) is 0 Å². The van der Waals surface area contributed by atoms with Gasteiger partial charge in [0.15, 0.2) is 0 Å². The van der Waals surface area contributed by atoms with Crippen molar-refractivity contribution in [1.29, 1.82) is 0 Å². The Kier molecular flexibility index (Phi) is 4.10. The van der Waals surface area contributed by atoms with Gasteiger partial charge in [-0.25, -0.2) is 0 Å². The van der Waals surface area contributed by atoms with Crippen LogP contribution in [0.15, 0.2) is 27.4 Å². The molecule has 2 rings (SSSR count). The van der Waals surface area contributed by atoms with Gasteiger partial charge in [0.05, 0.1) is 5.69 Å². The fourth-order valence-electron chi connectivity index (χ4n) is 1.95. The van der Waals surface area contributed by atoms with Gasteiger partial charge in [0, 0.05) is 26.6 Å². The summed E-state index contributed by atoms with van der Waals surface area (Å²) < 4.78 is 32.4. The Morgan fingerprint density at radius 1 is 1.09 bits per heavy atom. The van der Waals surface area contributed by atoms with Gasteiger partial charge < -0.3 is 0 Å². The number of azide groups is 2. The van der Waals surface area contributed by atoms with E-state index in [4.69, 9.17) is 22.7 Å². The molecule has 0 amide bonds. The van der Waals surface area contributed by atoms with Crippen LogP contribution in [0.4, 0.5) is 11.4 Å². The molecule has 0 saturated carbocycles. The average Bonchev–Trinajstić information content (AvgIpc) is 2.46. The maximum atomic E-state index is 11.9. The standard InChI is InChI=1S/C10H3ClN6O5S/c11-6-9(19)8(18)3-1-2-4(14-16-12)7(15-17-13)5(3)10(6)23(20,21)22/h1-2H,(H,20,21,22). The zero-order valence-electron chi connectivity index (χ0n) is 10.7. The van der Waals surface area contributed by atoms with Crippen molar-refractivity contribution < 1.29 is 22.6 Å². The molecule has 1 N–H and O–H groups in total. The van der Waals surface area contributed by atoms with Crippen LogP contribution in [0.1, 0.15) is 15.9 Å².